The van der Waals surface area contributed by atoms with E-state index in [0.717, 1.165) is 0 Å². The molecule has 0 unspecified atom stereocenters. The maximum Gasteiger partial charge on any atom is 0.374 e. The minimum Gasteiger partial charge on any atom is -0.463 e. The van der Waals surface area contributed by atoms with Crippen LogP contribution in [0.15, 0.2) is 21.0 Å². The summed E-state index contributed by atoms with van der Waals surface area (Å²) in [6.07, 6.45) is 0. The van der Waals surface area contributed by atoms with Crippen LogP contribution in [0.3, 0.4) is 0 Å². The minimum atomic E-state index is -0.565. The molecule has 84 valence electrons. The molecule has 16 heavy (non-hydrogen) atoms. The van der Waals surface area contributed by atoms with E-state index >= 15 is 0 Å². The summed E-state index contributed by atoms with van der Waals surface area (Å²) in [5, 5.41) is 0.570. The first-order valence-electron chi connectivity index (χ1n) is 4.51. The molecule has 0 saturated carbocycles. The van der Waals surface area contributed by atoms with E-state index in [1.165, 1.54) is 19.2 Å². The molecular formula is C11H8BrFO3. The molecule has 0 atom stereocenters. The molecule has 0 spiro atoms. The number of fused-ring (bicyclic) bond motifs is 1. The Balaban J connectivity index is 2.73. The third-order valence-electron chi connectivity index (χ3n) is 2.35. The van der Waals surface area contributed by atoms with Crippen LogP contribution in [0.2, 0.25) is 0 Å². The largest absolute Gasteiger partial charge is 0.463 e. The van der Waals surface area contributed by atoms with Crippen LogP contribution in [0.1, 0.15) is 16.1 Å². The highest BCUT2D eigenvalue weighted by atomic mass is 79.9. The molecule has 1 heterocycles. The first-order valence-corrected chi connectivity index (χ1v) is 5.30. The Kier molecular flexibility index (Phi) is 2.71. The normalized spacial score (nSPS) is 10.8. The van der Waals surface area contributed by atoms with Crippen LogP contribution >= 0.6 is 15.9 Å². The molecular weight excluding hydrogens is 279 g/mol. The van der Waals surface area contributed by atoms with Gasteiger partial charge in [-0.3, -0.25) is 0 Å². The Labute approximate surface area is 99.3 Å². The first kappa shape index (κ1) is 11.1. The zero-order chi connectivity index (χ0) is 11.9. The summed E-state index contributed by atoms with van der Waals surface area (Å²) < 4.78 is 23.5. The van der Waals surface area contributed by atoms with Crippen LogP contribution in [0.5, 0.6) is 0 Å². The number of rotatable bonds is 1. The van der Waals surface area contributed by atoms with E-state index in [2.05, 4.69) is 20.7 Å². The molecule has 0 radical (unpaired) electrons. The topological polar surface area (TPSA) is 39.4 Å². The number of esters is 1. The van der Waals surface area contributed by atoms with Gasteiger partial charge in [-0.2, -0.15) is 0 Å². The Morgan fingerprint density at radius 2 is 2.19 bits per heavy atom. The van der Waals surface area contributed by atoms with Gasteiger partial charge < -0.3 is 9.15 Å². The minimum absolute atomic E-state index is 0.106. The number of benzene rings is 1. The van der Waals surface area contributed by atoms with Gasteiger partial charge in [-0.15, -0.1) is 0 Å². The van der Waals surface area contributed by atoms with E-state index in [9.17, 15) is 9.18 Å². The summed E-state index contributed by atoms with van der Waals surface area (Å²) in [5.41, 5.74) is 1.03. The van der Waals surface area contributed by atoms with Crippen molar-refractivity contribution < 1.29 is 18.3 Å². The Hall–Kier alpha value is -1.36. The quantitative estimate of drug-likeness (QED) is 0.754. The zero-order valence-electron chi connectivity index (χ0n) is 8.64. The second-order valence-electron chi connectivity index (χ2n) is 3.31. The molecule has 0 aliphatic heterocycles. The summed E-state index contributed by atoms with van der Waals surface area (Å²) in [4.78, 5) is 11.4. The number of carbonyl (C=O) groups excluding carboxylic acids is 1. The lowest BCUT2D eigenvalue weighted by molar-refractivity contribution is 0.0566. The molecule has 5 heteroatoms. The fourth-order valence-corrected chi connectivity index (χ4v) is 1.82. The summed E-state index contributed by atoms with van der Waals surface area (Å²) in [6, 6.07) is 2.81. The van der Waals surface area contributed by atoms with Crippen molar-refractivity contribution >= 4 is 32.9 Å². The lowest BCUT2D eigenvalue weighted by Crippen LogP contribution is -2.00. The maximum atomic E-state index is 13.3. The number of aryl methyl sites for hydroxylation is 1. The highest BCUT2D eigenvalue weighted by Gasteiger charge is 2.19. The Morgan fingerprint density at radius 1 is 1.50 bits per heavy atom. The predicted octanol–water partition coefficient (Wildman–Crippen LogP) is 3.43. The molecule has 0 bridgehead atoms. The van der Waals surface area contributed by atoms with Crippen LogP contribution in [0.4, 0.5) is 4.39 Å². The third-order valence-corrected chi connectivity index (χ3v) is 2.96. The number of ether oxygens (including phenoxy) is 1. The van der Waals surface area contributed by atoms with Gasteiger partial charge in [-0.05, 0) is 35.0 Å². The lowest BCUT2D eigenvalue weighted by atomic mass is 10.1. The number of furan rings is 1. The fourth-order valence-electron chi connectivity index (χ4n) is 1.50. The van der Waals surface area contributed by atoms with Gasteiger partial charge in [-0.25, -0.2) is 9.18 Å². The van der Waals surface area contributed by atoms with Crippen molar-refractivity contribution in [1.82, 2.24) is 0 Å². The number of hydrogen-bond acceptors (Lipinski definition) is 3. The van der Waals surface area contributed by atoms with Crippen LogP contribution in [0.25, 0.3) is 11.0 Å². The standard InChI is InChI=1S/C11H8BrFO3/c1-5-6-3-8(13)7(12)4-9(6)16-10(5)11(14)15-2/h3-4H,1-2H3. The van der Waals surface area contributed by atoms with Gasteiger partial charge in [0, 0.05) is 10.9 Å². The molecule has 0 aliphatic carbocycles. The summed E-state index contributed by atoms with van der Waals surface area (Å²) >= 11 is 3.05. The van der Waals surface area contributed by atoms with Gasteiger partial charge >= 0.3 is 5.97 Å². The third kappa shape index (κ3) is 1.61. The molecule has 3 nitrogen and oxygen atoms in total. The monoisotopic (exact) mass is 286 g/mol. The van der Waals surface area contributed by atoms with Gasteiger partial charge in [-0.1, -0.05) is 0 Å². The van der Waals surface area contributed by atoms with Crippen LogP contribution in [-0.4, -0.2) is 13.1 Å². The number of carbonyl (C=O) groups is 1. The second-order valence-corrected chi connectivity index (χ2v) is 4.16. The SMILES string of the molecule is COC(=O)c1oc2cc(Br)c(F)cc2c1C. The van der Waals surface area contributed by atoms with Gasteiger partial charge in [0.05, 0.1) is 11.6 Å². The zero-order valence-corrected chi connectivity index (χ0v) is 10.2. The average molecular weight is 287 g/mol. The van der Waals surface area contributed by atoms with Gasteiger partial charge in [0.2, 0.25) is 5.76 Å². The van der Waals surface area contributed by atoms with Crippen molar-refractivity contribution in [3.63, 3.8) is 0 Å². The maximum absolute atomic E-state index is 13.3. The summed E-state index contributed by atoms with van der Waals surface area (Å²) in [5.74, 6) is -0.854. The summed E-state index contributed by atoms with van der Waals surface area (Å²) in [7, 11) is 1.27. The fraction of sp³-hybridized carbons (Fsp3) is 0.182. The number of methoxy groups -OCH3 is 1. The molecule has 0 aliphatic rings. The van der Waals surface area contributed by atoms with Crippen molar-refractivity contribution in [2.75, 3.05) is 7.11 Å². The Morgan fingerprint density at radius 3 is 2.81 bits per heavy atom. The van der Waals surface area contributed by atoms with E-state index in [-0.39, 0.29) is 5.76 Å². The van der Waals surface area contributed by atoms with Crippen molar-refractivity contribution in [1.29, 1.82) is 0 Å². The molecule has 0 amide bonds. The molecule has 1 aromatic heterocycles. The van der Waals surface area contributed by atoms with Crippen LogP contribution in [0, 0.1) is 12.7 Å². The molecule has 0 saturated heterocycles. The van der Waals surface area contributed by atoms with Crippen molar-refractivity contribution in [3.05, 3.63) is 33.7 Å². The highest BCUT2D eigenvalue weighted by Crippen LogP contribution is 2.30. The molecule has 2 rings (SSSR count). The van der Waals surface area contributed by atoms with Crippen LogP contribution in [-0.2, 0) is 4.74 Å². The van der Waals surface area contributed by atoms with Crippen LogP contribution < -0.4 is 0 Å². The van der Waals surface area contributed by atoms with Gasteiger partial charge in [0.15, 0.2) is 0 Å². The molecule has 2 aromatic rings. The van der Waals surface area contributed by atoms with E-state index in [1.807, 2.05) is 0 Å². The molecule has 0 fully saturated rings. The summed E-state index contributed by atoms with van der Waals surface area (Å²) in [6.45, 7) is 1.69. The Bertz CT molecular complexity index is 574. The van der Waals surface area contributed by atoms with Gasteiger partial charge in [0.1, 0.15) is 11.4 Å². The van der Waals surface area contributed by atoms with E-state index in [1.54, 1.807) is 6.92 Å². The molecule has 0 N–H and O–H groups in total. The highest BCUT2D eigenvalue weighted by molar-refractivity contribution is 9.10. The van der Waals surface area contributed by atoms with E-state index < -0.39 is 11.8 Å². The predicted molar refractivity (Wildman–Crippen MR) is 59.9 cm³/mol. The van der Waals surface area contributed by atoms with E-state index in [4.69, 9.17) is 4.42 Å². The number of halogens is 2. The molecule has 1 aromatic carbocycles. The lowest BCUT2D eigenvalue weighted by Gasteiger charge is -1.94. The second kappa shape index (κ2) is 3.90. The number of hydrogen-bond donors (Lipinski definition) is 0. The van der Waals surface area contributed by atoms with Crippen molar-refractivity contribution in [3.8, 4) is 0 Å². The smallest absolute Gasteiger partial charge is 0.374 e. The average Bonchev–Trinajstić information content (AvgIpc) is 2.56. The van der Waals surface area contributed by atoms with Gasteiger partial charge in [0.25, 0.3) is 0 Å². The van der Waals surface area contributed by atoms with E-state index in [0.29, 0.717) is 21.0 Å². The van der Waals surface area contributed by atoms with Crippen molar-refractivity contribution in [2.24, 2.45) is 0 Å². The van der Waals surface area contributed by atoms with Crippen molar-refractivity contribution in [2.45, 2.75) is 6.92 Å². The first-order chi connectivity index (χ1) is 7.54.